The van der Waals surface area contributed by atoms with E-state index >= 15 is 0 Å². The van der Waals surface area contributed by atoms with E-state index in [-0.39, 0.29) is 18.5 Å². The van der Waals surface area contributed by atoms with Gasteiger partial charge in [-0.3, -0.25) is 4.79 Å². The number of amides is 1. The molecule has 0 bridgehead atoms. The monoisotopic (exact) mass is 218 g/mol. The summed E-state index contributed by atoms with van der Waals surface area (Å²) in [5.74, 6) is 0.529. The lowest BCUT2D eigenvalue weighted by atomic mass is 10.1. The summed E-state index contributed by atoms with van der Waals surface area (Å²) in [5.41, 5.74) is 0.985. The van der Waals surface area contributed by atoms with Gasteiger partial charge in [0.05, 0.1) is 13.2 Å². The van der Waals surface area contributed by atoms with E-state index in [1.807, 2.05) is 31.2 Å². The van der Waals surface area contributed by atoms with Crippen molar-refractivity contribution in [2.24, 2.45) is 0 Å². The SMILES string of the molecule is [C-]#[N+]CC(=O)NC(C)c1ccc(OC)cc1. The number of nitrogens with one attached hydrogen (secondary N) is 1. The average molecular weight is 218 g/mol. The molecule has 4 nitrogen and oxygen atoms in total. The zero-order valence-electron chi connectivity index (χ0n) is 9.36. The highest BCUT2D eigenvalue weighted by Gasteiger charge is 2.10. The van der Waals surface area contributed by atoms with Crippen molar-refractivity contribution in [3.05, 3.63) is 41.2 Å². The maximum Gasteiger partial charge on any atom is 0.300 e. The fraction of sp³-hybridized carbons (Fsp3) is 0.333. The standard InChI is InChI=1S/C12H14N2O2/c1-9(14-12(15)8-13-2)10-4-6-11(16-3)7-5-10/h4-7,9H,8H2,1,3H3,(H,14,15). The van der Waals surface area contributed by atoms with Crippen LogP contribution in [0.25, 0.3) is 4.85 Å². The van der Waals surface area contributed by atoms with Gasteiger partial charge in [-0.1, -0.05) is 12.1 Å². The van der Waals surface area contributed by atoms with Gasteiger partial charge < -0.3 is 14.9 Å². The van der Waals surface area contributed by atoms with E-state index in [4.69, 9.17) is 11.3 Å². The summed E-state index contributed by atoms with van der Waals surface area (Å²) in [6, 6.07) is 7.36. The average Bonchev–Trinajstić information content (AvgIpc) is 2.29. The molecule has 0 saturated heterocycles. The molecule has 84 valence electrons. The zero-order chi connectivity index (χ0) is 12.0. The molecular weight excluding hydrogens is 204 g/mol. The van der Waals surface area contributed by atoms with Gasteiger partial charge in [-0.15, -0.1) is 0 Å². The predicted octanol–water partition coefficient (Wildman–Crippen LogP) is 1.79. The summed E-state index contributed by atoms with van der Waals surface area (Å²) >= 11 is 0. The van der Waals surface area contributed by atoms with Crippen LogP contribution >= 0.6 is 0 Å². The lowest BCUT2D eigenvalue weighted by Gasteiger charge is -2.12. The van der Waals surface area contributed by atoms with Crippen molar-refractivity contribution in [3.8, 4) is 5.75 Å². The van der Waals surface area contributed by atoms with Gasteiger partial charge in [-0.25, -0.2) is 6.57 Å². The molecular formula is C12H14N2O2. The Morgan fingerprint density at radius 2 is 2.12 bits per heavy atom. The minimum atomic E-state index is -0.252. The van der Waals surface area contributed by atoms with E-state index in [0.29, 0.717) is 0 Å². The fourth-order valence-corrected chi connectivity index (χ4v) is 1.33. The number of hydrogen-bond acceptors (Lipinski definition) is 2. The summed E-state index contributed by atoms with van der Waals surface area (Å²) in [6.07, 6.45) is 0. The van der Waals surface area contributed by atoms with Crippen LogP contribution < -0.4 is 10.1 Å². The highest BCUT2D eigenvalue weighted by molar-refractivity contribution is 5.79. The maximum absolute atomic E-state index is 11.2. The highest BCUT2D eigenvalue weighted by Crippen LogP contribution is 2.16. The van der Waals surface area contributed by atoms with Crippen molar-refractivity contribution < 1.29 is 9.53 Å². The second-order valence-corrected chi connectivity index (χ2v) is 3.38. The number of rotatable bonds is 4. The van der Waals surface area contributed by atoms with E-state index in [9.17, 15) is 4.79 Å². The van der Waals surface area contributed by atoms with Crippen molar-refractivity contribution in [3.63, 3.8) is 0 Å². The van der Waals surface area contributed by atoms with Crippen LogP contribution in [0.2, 0.25) is 0 Å². The number of hydrogen-bond donors (Lipinski definition) is 1. The molecule has 0 saturated carbocycles. The van der Waals surface area contributed by atoms with Crippen LogP contribution in [0, 0.1) is 6.57 Å². The smallest absolute Gasteiger partial charge is 0.300 e. The maximum atomic E-state index is 11.2. The Kier molecular flexibility index (Phi) is 4.34. The van der Waals surface area contributed by atoms with Crippen molar-refractivity contribution in [2.75, 3.05) is 13.7 Å². The van der Waals surface area contributed by atoms with Crippen LogP contribution in [-0.2, 0) is 4.79 Å². The molecule has 1 N–H and O–H groups in total. The third kappa shape index (κ3) is 3.28. The number of carbonyl (C=O) groups excluding carboxylic acids is 1. The zero-order valence-corrected chi connectivity index (χ0v) is 9.36. The lowest BCUT2D eigenvalue weighted by Crippen LogP contribution is -2.28. The third-order valence-corrected chi connectivity index (χ3v) is 2.22. The van der Waals surface area contributed by atoms with Crippen molar-refractivity contribution in [2.45, 2.75) is 13.0 Å². The second kappa shape index (κ2) is 5.76. The first-order chi connectivity index (χ1) is 7.67. The molecule has 0 aliphatic heterocycles. The first kappa shape index (κ1) is 12.1. The van der Waals surface area contributed by atoms with Gasteiger partial charge in [0.2, 0.25) is 0 Å². The predicted molar refractivity (Wildman–Crippen MR) is 61.0 cm³/mol. The Morgan fingerprint density at radius 3 is 2.62 bits per heavy atom. The quantitative estimate of drug-likeness (QED) is 0.783. The summed E-state index contributed by atoms with van der Waals surface area (Å²) in [5, 5.41) is 2.74. The van der Waals surface area contributed by atoms with Crippen LogP contribution in [0.15, 0.2) is 24.3 Å². The van der Waals surface area contributed by atoms with Gasteiger partial charge in [0, 0.05) is 0 Å². The number of nitrogens with zero attached hydrogens (tertiary/aromatic N) is 1. The van der Waals surface area contributed by atoms with Crippen LogP contribution in [0.4, 0.5) is 0 Å². The van der Waals surface area contributed by atoms with E-state index in [0.717, 1.165) is 11.3 Å². The molecule has 16 heavy (non-hydrogen) atoms. The number of benzene rings is 1. The van der Waals surface area contributed by atoms with Crippen LogP contribution in [0.5, 0.6) is 5.75 Å². The second-order valence-electron chi connectivity index (χ2n) is 3.38. The lowest BCUT2D eigenvalue weighted by molar-refractivity contribution is -0.119. The van der Waals surface area contributed by atoms with Crippen molar-refractivity contribution in [1.29, 1.82) is 0 Å². The topological polar surface area (TPSA) is 42.7 Å². The number of carbonyl (C=O) groups is 1. The number of methoxy groups -OCH3 is 1. The van der Waals surface area contributed by atoms with Crippen molar-refractivity contribution in [1.82, 2.24) is 5.32 Å². The normalized spacial score (nSPS) is 11.3. The summed E-state index contributed by atoms with van der Waals surface area (Å²) < 4.78 is 5.04. The Balaban J connectivity index is 2.62. The molecule has 1 rings (SSSR count). The minimum Gasteiger partial charge on any atom is -0.497 e. The molecule has 1 unspecified atom stereocenters. The minimum absolute atomic E-state index is 0.0971. The Bertz CT molecular complexity index is 392. The van der Waals surface area contributed by atoms with Gasteiger partial charge in [0.25, 0.3) is 6.54 Å². The van der Waals surface area contributed by atoms with E-state index in [1.165, 1.54) is 0 Å². The Labute approximate surface area is 95.0 Å². The van der Waals surface area contributed by atoms with Gasteiger partial charge in [0.1, 0.15) is 5.75 Å². The molecule has 0 radical (unpaired) electrons. The molecule has 0 fully saturated rings. The van der Waals surface area contributed by atoms with Gasteiger partial charge in [-0.05, 0) is 24.6 Å². The fourth-order valence-electron chi connectivity index (χ4n) is 1.33. The first-order valence-corrected chi connectivity index (χ1v) is 4.94. The highest BCUT2D eigenvalue weighted by atomic mass is 16.5. The van der Waals surface area contributed by atoms with Gasteiger partial charge in [0.15, 0.2) is 0 Å². The summed E-state index contributed by atoms with van der Waals surface area (Å²) in [7, 11) is 1.61. The molecule has 1 aromatic carbocycles. The van der Waals surface area contributed by atoms with Crippen molar-refractivity contribution >= 4 is 5.91 Å². The first-order valence-electron chi connectivity index (χ1n) is 4.94. The molecule has 0 aliphatic rings. The van der Waals surface area contributed by atoms with Gasteiger partial charge >= 0.3 is 5.91 Å². The Morgan fingerprint density at radius 1 is 1.50 bits per heavy atom. The van der Waals surface area contributed by atoms with E-state index in [2.05, 4.69) is 10.2 Å². The van der Waals surface area contributed by atoms with E-state index < -0.39 is 0 Å². The van der Waals surface area contributed by atoms with E-state index in [1.54, 1.807) is 7.11 Å². The molecule has 1 aromatic rings. The largest absolute Gasteiger partial charge is 0.497 e. The summed E-state index contributed by atoms with van der Waals surface area (Å²) in [6.45, 7) is 8.34. The molecule has 0 aliphatic carbocycles. The third-order valence-electron chi connectivity index (χ3n) is 2.22. The molecule has 1 amide bonds. The van der Waals surface area contributed by atoms with Gasteiger partial charge in [-0.2, -0.15) is 0 Å². The number of ether oxygens (including phenoxy) is 1. The molecule has 0 spiro atoms. The molecule has 0 heterocycles. The molecule has 4 heteroatoms. The molecule has 1 atom stereocenters. The van der Waals surface area contributed by atoms with Crippen LogP contribution in [0.1, 0.15) is 18.5 Å². The van der Waals surface area contributed by atoms with Crippen LogP contribution in [0.3, 0.4) is 0 Å². The Hall–Kier alpha value is -2.02. The molecule has 0 aromatic heterocycles. The van der Waals surface area contributed by atoms with Crippen LogP contribution in [-0.4, -0.2) is 19.6 Å². The summed E-state index contributed by atoms with van der Waals surface area (Å²) in [4.78, 5) is 14.2.